The van der Waals surface area contributed by atoms with Crippen LogP contribution in [-0.2, 0) is 44.6 Å². The van der Waals surface area contributed by atoms with Gasteiger partial charge in [-0.3, -0.25) is 28.8 Å². The van der Waals surface area contributed by atoms with Crippen molar-refractivity contribution >= 4 is 87.1 Å². The van der Waals surface area contributed by atoms with Crippen LogP contribution in [0.4, 0.5) is 47.7 Å². The molecular weight excluding hydrogens is 1280 g/mol. The van der Waals surface area contributed by atoms with E-state index >= 15 is 0 Å². The highest BCUT2D eigenvalue weighted by Gasteiger charge is 2.30. The van der Waals surface area contributed by atoms with Gasteiger partial charge >= 0.3 is 24.1 Å². The van der Waals surface area contributed by atoms with E-state index in [2.05, 4.69) is 50.8 Å². The lowest BCUT2D eigenvalue weighted by Gasteiger charge is -2.18. The van der Waals surface area contributed by atoms with E-state index < -0.39 is 35.6 Å². The number of para-hydroxylation sites is 1. The number of aliphatic carboxylic acids is 3. The Hall–Kier alpha value is -12.3. The number of benzene rings is 6. The number of fused-ring (bicyclic) bond motifs is 1. The molecule has 0 saturated carbocycles. The Bertz CT molecular complexity index is 4560. The summed E-state index contributed by atoms with van der Waals surface area (Å²) >= 11 is 0. The summed E-state index contributed by atoms with van der Waals surface area (Å²) in [5, 5.41) is 36.7. The molecule has 4 heterocycles. The standard InChI is InChI=1S/C26H25N5O3.C25H26N4O3.C24H23F3N4O3/c1-16(24-27-15-19(14-23(32)33)25(30-24)31(2)3)17-8-11-20(12-9-17)28-26(34)22-13-10-18-6-4-5-7-21(18)29-22;1-17(24-26-16-20(15-23(31)32)25(28-24)29(2)3)19-10-12-21(13-11-19)27-22(30)14-9-18-7-5-4-6-8-18;1-14(21-28-13-17(12-20(32)33)22(30-21)31(2)3)15-6-10-19(11-7-15)29-23(34)16-4-8-18(9-5-16)24(25,26)27/h4-13,15-16H,14H2,1-3H3,(H,28,34)(H,32,33);4-14,16-17H,15H2,1-3H3,(H,27,30)(H,31,32);4-11,13-14H,12H2,1-3H3,(H,29,34)(H,32,33)/b;14-9+;. The minimum Gasteiger partial charge on any atom is -0.481 e. The number of carboxylic acids is 3. The lowest BCUT2D eigenvalue weighted by Crippen LogP contribution is -2.18. The molecule has 0 saturated heterocycles. The molecule has 6 aromatic carbocycles. The number of amides is 3. The normalized spacial score (nSPS) is 11.9. The molecule has 0 radical (unpaired) electrons. The summed E-state index contributed by atoms with van der Waals surface area (Å²) in [4.78, 5) is 107. The minimum absolute atomic E-state index is 0.102. The van der Waals surface area contributed by atoms with Gasteiger partial charge in [0.2, 0.25) is 5.91 Å². The summed E-state index contributed by atoms with van der Waals surface area (Å²) in [5.41, 5.74) is 7.65. The topological polar surface area (TPSA) is 299 Å². The maximum atomic E-state index is 12.7. The van der Waals surface area contributed by atoms with Gasteiger partial charge in [-0.2, -0.15) is 13.2 Å². The van der Waals surface area contributed by atoms with Gasteiger partial charge in [0.1, 0.15) is 40.6 Å². The first-order valence-electron chi connectivity index (χ1n) is 31.3. The van der Waals surface area contributed by atoms with Crippen LogP contribution in [0.1, 0.15) is 121 Å². The van der Waals surface area contributed by atoms with Crippen LogP contribution < -0.4 is 30.7 Å². The number of alkyl halides is 3. The third kappa shape index (κ3) is 20.4. The van der Waals surface area contributed by atoms with E-state index in [1.807, 2.05) is 158 Å². The number of carbonyl (C=O) groups is 6. The molecule has 3 amide bonds. The highest BCUT2D eigenvalue weighted by molar-refractivity contribution is 6.05. The second-order valence-electron chi connectivity index (χ2n) is 23.8. The van der Waals surface area contributed by atoms with E-state index in [1.54, 1.807) is 77.6 Å². The zero-order valence-corrected chi connectivity index (χ0v) is 56.2. The van der Waals surface area contributed by atoms with Gasteiger partial charge in [0.05, 0.1) is 30.3 Å². The predicted molar refractivity (Wildman–Crippen MR) is 378 cm³/mol. The highest BCUT2D eigenvalue weighted by Crippen LogP contribution is 2.32. The largest absolute Gasteiger partial charge is 0.481 e. The Balaban J connectivity index is 0.000000191. The number of halogens is 3. The number of nitrogens with zero attached hydrogens (tertiary/aromatic N) is 10. The molecule has 100 heavy (non-hydrogen) atoms. The summed E-state index contributed by atoms with van der Waals surface area (Å²) in [6.45, 7) is 5.88. The van der Waals surface area contributed by atoms with Gasteiger partial charge < -0.3 is 46.0 Å². The Kier molecular flexibility index (Phi) is 24.7. The maximum absolute atomic E-state index is 12.7. The van der Waals surface area contributed by atoms with E-state index in [-0.39, 0.29) is 54.4 Å². The van der Waals surface area contributed by atoms with Crippen molar-refractivity contribution in [1.29, 1.82) is 0 Å². The fourth-order valence-corrected chi connectivity index (χ4v) is 10.2. The van der Waals surface area contributed by atoms with Crippen molar-refractivity contribution in [2.75, 3.05) is 72.9 Å². The van der Waals surface area contributed by atoms with Gasteiger partial charge in [-0.1, -0.05) is 112 Å². The molecule has 0 fully saturated rings. The summed E-state index contributed by atoms with van der Waals surface area (Å²) in [5.74, 6) is -0.843. The van der Waals surface area contributed by atoms with E-state index in [1.165, 1.54) is 12.3 Å². The SMILES string of the molecule is CC(c1ccc(NC(=O)/C=C/c2ccccc2)cc1)c1ncc(CC(=O)O)c(N(C)C)n1.CC(c1ccc(NC(=O)c2ccc(C(F)(F)F)cc2)cc1)c1ncc(CC(=O)O)c(N(C)C)n1.CC(c1ccc(NC(=O)c2ccc3ccccc3n2)cc1)c1ncc(CC(=O)O)c(N(C)C)n1. The molecule has 6 N–H and O–H groups in total. The van der Waals surface area contributed by atoms with Gasteiger partial charge in [0.25, 0.3) is 11.8 Å². The van der Waals surface area contributed by atoms with Crippen molar-refractivity contribution in [1.82, 2.24) is 34.9 Å². The van der Waals surface area contributed by atoms with Crippen LogP contribution in [0.3, 0.4) is 0 Å². The Morgan fingerprint density at radius 3 is 1.22 bits per heavy atom. The van der Waals surface area contributed by atoms with Crippen LogP contribution in [0.15, 0.2) is 188 Å². The highest BCUT2D eigenvalue weighted by atomic mass is 19.4. The zero-order valence-electron chi connectivity index (χ0n) is 56.2. The number of rotatable bonds is 22. The second-order valence-corrected chi connectivity index (χ2v) is 23.8. The molecule has 3 atom stereocenters. The first-order chi connectivity index (χ1) is 47.6. The Morgan fingerprint density at radius 1 is 0.450 bits per heavy atom. The van der Waals surface area contributed by atoms with Gasteiger partial charge in [-0.05, 0) is 101 Å². The van der Waals surface area contributed by atoms with Crippen LogP contribution >= 0.6 is 0 Å². The molecule has 0 bridgehead atoms. The minimum atomic E-state index is -4.46. The summed E-state index contributed by atoms with van der Waals surface area (Å²) < 4.78 is 38.1. The number of anilines is 6. The average Bonchev–Trinajstić information content (AvgIpc) is 0.836. The monoisotopic (exact) mass is 1360 g/mol. The van der Waals surface area contributed by atoms with Crippen molar-refractivity contribution in [2.45, 2.75) is 64.0 Å². The first-order valence-corrected chi connectivity index (χ1v) is 31.3. The van der Waals surface area contributed by atoms with Gasteiger partial charge in [0, 0.05) is 129 Å². The molecule has 25 heteroatoms. The molecule has 10 rings (SSSR count). The number of nitrogens with one attached hydrogen (secondary N) is 3. The fourth-order valence-electron chi connectivity index (χ4n) is 10.2. The van der Waals surface area contributed by atoms with E-state index in [0.29, 0.717) is 74.4 Å². The number of carbonyl (C=O) groups excluding carboxylic acids is 3. The number of hydrogen-bond acceptors (Lipinski definition) is 16. The number of aromatic nitrogens is 7. The summed E-state index contributed by atoms with van der Waals surface area (Å²) in [6, 6.07) is 46.8. The molecule has 22 nitrogen and oxygen atoms in total. The van der Waals surface area contributed by atoms with Gasteiger partial charge in [-0.25, -0.2) is 34.9 Å². The predicted octanol–water partition coefficient (Wildman–Crippen LogP) is 12.7. The molecule has 0 aliphatic rings. The Morgan fingerprint density at radius 2 is 0.830 bits per heavy atom. The average molecular weight is 1360 g/mol. The Labute approximate surface area is 575 Å². The lowest BCUT2D eigenvalue weighted by atomic mass is 9.99. The maximum Gasteiger partial charge on any atom is 0.416 e. The molecule has 4 aromatic heterocycles. The van der Waals surface area contributed by atoms with Crippen molar-refractivity contribution in [3.05, 3.63) is 262 Å². The molecule has 0 spiro atoms. The molecule has 0 aliphatic heterocycles. The third-order valence-corrected chi connectivity index (χ3v) is 15.6. The summed E-state index contributed by atoms with van der Waals surface area (Å²) in [6.07, 6.45) is 3.02. The number of hydrogen-bond donors (Lipinski definition) is 6. The van der Waals surface area contributed by atoms with Crippen LogP contribution in [0.25, 0.3) is 17.0 Å². The van der Waals surface area contributed by atoms with Gasteiger partial charge in [0.15, 0.2) is 0 Å². The zero-order chi connectivity index (χ0) is 72.4. The lowest BCUT2D eigenvalue weighted by molar-refractivity contribution is -0.138. The van der Waals surface area contributed by atoms with Crippen molar-refractivity contribution < 1.29 is 57.3 Å². The molecule has 514 valence electrons. The van der Waals surface area contributed by atoms with Crippen molar-refractivity contribution in [2.24, 2.45) is 0 Å². The van der Waals surface area contributed by atoms with Crippen LogP contribution in [0.5, 0.6) is 0 Å². The van der Waals surface area contributed by atoms with E-state index in [4.69, 9.17) is 15.3 Å². The number of carboxylic acid groups (broad SMARTS) is 3. The second kappa shape index (κ2) is 33.6. The fraction of sp³-hybridized carbons (Fsp3) is 0.213. The quantitative estimate of drug-likeness (QED) is 0.0344. The van der Waals surface area contributed by atoms with Crippen molar-refractivity contribution in [3.8, 4) is 0 Å². The van der Waals surface area contributed by atoms with E-state index in [0.717, 1.165) is 57.4 Å². The van der Waals surface area contributed by atoms with Crippen LogP contribution in [0, 0.1) is 0 Å². The van der Waals surface area contributed by atoms with Gasteiger partial charge in [-0.15, -0.1) is 0 Å². The molecule has 3 unspecified atom stereocenters. The molecule has 10 aromatic rings. The van der Waals surface area contributed by atoms with Crippen LogP contribution in [-0.4, -0.2) is 128 Å². The molecular formula is C75H74F3N13O9. The smallest absolute Gasteiger partial charge is 0.416 e. The summed E-state index contributed by atoms with van der Waals surface area (Å²) in [7, 11) is 10.8. The van der Waals surface area contributed by atoms with Crippen molar-refractivity contribution in [3.63, 3.8) is 0 Å². The van der Waals surface area contributed by atoms with E-state index in [9.17, 15) is 41.9 Å². The number of pyridine rings is 1. The first kappa shape index (κ1) is 73.5. The third-order valence-electron chi connectivity index (χ3n) is 15.6. The molecule has 0 aliphatic carbocycles. The van der Waals surface area contributed by atoms with Crippen LogP contribution in [0.2, 0.25) is 0 Å².